The zero-order valence-corrected chi connectivity index (χ0v) is 8.49. The maximum Gasteiger partial charge on any atom is 0.186 e. The number of aromatic nitrogens is 2. The lowest BCUT2D eigenvalue weighted by Gasteiger charge is -1.90. The Balaban J connectivity index is 2.39. The average molecular weight is 203 g/mol. The van der Waals surface area contributed by atoms with Crippen LogP contribution in [0.4, 0.5) is 0 Å². The second-order valence-electron chi connectivity index (χ2n) is 3.40. The Morgan fingerprint density at radius 3 is 2.93 bits per heavy atom. The molecule has 5 nitrogen and oxygen atoms in total. The summed E-state index contributed by atoms with van der Waals surface area (Å²) in [6.07, 6.45) is 0. The van der Waals surface area contributed by atoms with Crippen molar-refractivity contribution in [2.45, 2.75) is 13.5 Å². The number of hydrogen-bond acceptors (Lipinski definition) is 2. The van der Waals surface area contributed by atoms with Crippen LogP contribution in [0.1, 0.15) is 11.4 Å². The monoisotopic (exact) mass is 203 g/mol. The molecule has 15 heavy (non-hydrogen) atoms. The van der Waals surface area contributed by atoms with Gasteiger partial charge >= 0.3 is 0 Å². The quantitative estimate of drug-likeness (QED) is 0.494. The van der Waals surface area contributed by atoms with Crippen molar-refractivity contribution >= 4 is 17.0 Å². The molecule has 0 saturated carbocycles. The highest BCUT2D eigenvalue weighted by atomic mass is 15.0. The Morgan fingerprint density at radius 1 is 1.47 bits per heavy atom. The topological polar surface area (TPSA) is 93.1 Å². The minimum atomic E-state index is 0.0761. The van der Waals surface area contributed by atoms with Gasteiger partial charge in [0.25, 0.3) is 0 Å². The summed E-state index contributed by atoms with van der Waals surface area (Å²) in [5.74, 6) is 0.847. The Morgan fingerprint density at radius 2 is 2.27 bits per heavy atom. The molecule has 5 N–H and O–H groups in total. The van der Waals surface area contributed by atoms with Crippen LogP contribution < -0.4 is 11.5 Å². The minimum Gasteiger partial charge on any atom is -0.370 e. The van der Waals surface area contributed by atoms with Crippen LogP contribution >= 0.6 is 0 Å². The van der Waals surface area contributed by atoms with E-state index < -0.39 is 0 Å². The molecular formula is C10H13N5. The number of H-pyrrole nitrogens is 1. The van der Waals surface area contributed by atoms with Crippen LogP contribution in [0.3, 0.4) is 0 Å². The first-order valence-electron chi connectivity index (χ1n) is 4.66. The SMILES string of the molecule is Cc1cccc2[nH]c(CN=C(N)N)nc12. The number of aryl methyl sites for hydroxylation is 1. The zero-order chi connectivity index (χ0) is 10.8. The number of nitrogens with one attached hydrogen (secondary N) is 1. The lowest BCUT2D eigenvalue weighted by Crippen LogP contribution is -2.22. The fourth-order valence-corrected chi connectivity index (χ4v) is 1.47. The third-order valence-electron chi connectivity index (χ3n) is 2.17. The molecule has 0 aliphatic carbocycles. The van der Waals surface area contributed by atoms with Crippen LogP contribution in [0.25, 0.3) is 11.0 Å². The fraction of sp³-hybridized carbons (Fsp3) is 0.200. The molecule has 2 aromatic rings. The summed E-state index contributed by atoms with van der Waals surface area (Å²) in [6.45, 7) is 2.41. The van der Waals surface area contributed by atoms with Crippen molar-refractivity contribution in [2.75, 3.05) is 0 Å². The van der Waals surface area contributed by atoms with E-state index in [1.807, 2.05) is 25.1 Å². The number of nitrogens with two attached hydrogens (primary N) is 2. The van der Waals surface area contributed by atoms with Gasteiger partial charge in [-0.25, -0.2) is 9.98 Å². The number of rotatable bonds is 2. The second-order valence-corrected chi connectivity index (χ2v) is 3.40. The molecule has 5 heteroatoms. The van der Waals surface area contributed by atoms with Gasteiger partial charge in [-0.2, -0.15) is 0 Å². The van der Waals surface area contributed by atoms with Crippen LogP contribution in [0, 0.1) is 6.92 Å². The van der Waals surface area contributed by atoms with Crippen LogP contribution in [-0.2, 0) is 6.54 Å². The first-order chi connectivity index (χ1) is 7.16. The van der Waals surface area contributed by atoms with Crippen molar-refractivity contribution in [2.24, 2.45) is 16.5 Å². The Kier molecular flexibility index (Phi) is 2.29. The molecule has 1 heterocycles. The van der Waals surface area contributed by atoms with Crippen molar-refractivity contribution in [3.63, 3.8) is 0 Å². The number of aromatic amines is 1. The van der Waals surface area contributed by atoms with Crippen molar-refractivity contribution in [3.05, 3.63) is 29.6 Å². The van der Waals surface area contributed by atoms with Crippen LogP contribution in [0.5, 0.6) is 0 Å². The number of aliphatic imine (C=N–C) groups is 1. The number of para-hydroxylation sites is 1. The predicted molar refractivity (Wildman–Crippen MR) is 60.3 cm³/mol. The number of fused-ring (bicyclic) bond motifs is 1. The maximum atomic E-state index is 5.25. The molecule has 0 amide bonds. The highest BCUT2D eigenvalue weighted by Crippen LogP contribution is 2.15. The molecule has 0 saturated heterocycles. The summed E-state index contributed by atoms with van der Waals surface area (Å²) in [5.41, 5.74) is 13.6. The Bertz CT molecular complexity index is 508. The van der Waals surface area contributed by atoms with Gasteiger partial charge in [-0.3, -0.25) is 0 Å². The average Bonchev–Trinajstić information content (AvgIpc) is 2.59. The van der Waals surface area contributed by atoms with Crippen LogP contribution in [-0.4, -0.2) is 15.9 Å². The molecule has 0 unspecified atom stereocenters. The van der Waals surface area contributed by atoms with Gasteiger partial charge in [-0.05, 0) is 18.6 Å². The molecule has 0 fully saturated rings. The van der Waals surface area contributed by atoms with Crippen molar-refractivity contribution < 1.29 is 0 Å². The van der Waals surface area contributed by atoms with E-state index >= 15 is 0 Å². The third-order valence-corrected chi connectivity index (χ3v) is 2.17. The Labute approximate surface area is 87.2 Å². The lowest BCUT2D eigenvalue weighted by atomic mass is 10.2. The highest BCUT2D eigenvalue weighted by molar-refractivity contribution is 5.78. The molecule has 0 bridgehead atoms. The molecular weight excluding hydrogens is 190 g/mol. The van der Waals surface area contributed by atoms with E-state index in [1.54, 1.807) is 0 Å². The largest absolute Gasteiger partial charge is 0.370 e. The molecule has 1 aromatic carbocycles. The third kappa shape index (κ3) is 1.90. The van der Waals surface area contributed by atoms with E-state index in [1.165, 1.54) is 0 Å². The van der Waals surface area contributed by atoms with Crippen molar-refractivity contribution in [3.8, 4) is 0 Å². The zero-order valence-electron chi connectivity index (χ0n) is 8.49. The fourth-order valence-electron chi connectivity index (χ4n) is 1.47. The van der Waals surface area contributed by atoms with Crippen LogP contribution in [0.2, 0.25) is 0 Å². The van der Waals surface area contributed by atoms with Gasteiger partial charge in [0.15, 0.2) is 5.96 Å². The first-order valence-corrected chi connectivity index (χ1v) is 4.66. The summed E-state index contributed by atoms with van der Waals surface area (Å²) in [6, 6.07) is 5.99. The maximum absolute atomic E-state index is 5.25. The molecule has 0 radical (unpaired) electrons. The number of guanidine groups is 1. The van der Waals surface area contributed by atoms with Gasteiger partial charge in [0.05, 0.1) is 11.0 Å². The first kappa shape index (κ1) is 9.51. The molecule has 0 aliphatic rings. The Hall–Kier alpha value is -2.04. The number of imidazole rings is 1. The number of nitrogens with zero attached hydrogens (tertiary/aromatic N) is 2. The number of hydrogen-bond donors (Lipinski definition) is 3. The van der Waals surface area contributed by atoms with Crippen molar-refractivity contribution in [1.29, 1.82) is 0 Å². The molecule has 0 atom stereocenters. The highest BCUT2D eigenvalue weighted by Gasteiger charge is 2.03. The molecule has 0 aliphatic heterocycles. The molecule has 0 spiro atoms. The summed E-state index contributed by atoms with van der Waals surface area (Å²) in [4.78, 5) is 11.5. The van der Waals surface area contributed by atoms with E-state index in [0.29, 0.717) is 6.54 Å². The van der Waals surface area contributed by atoms with Gasteiger partial charge in [-0.15, -0.1) is 0 Å². The van der Waals surface area contributed by atoms with Gasteiger partial charge < -0.3 is 16.5 Å². The van der Waals surface area contributed by atoms with E-state index in [2.05, 4.69) is 15.0 Å². The summed E-state index contributed by atoms with van der Waals surface area (Å²) < 4.78 is 0. The summed E-state index contributed by atoms with van der Waals surface area (Å²) in [5, 5.41) is 0. The molecule has 1 aromatic heterocycles. The molecule has 2 rings (SSSR count). The summed E-state index contributed by atoms with van der Waals surface area (Å²) in [7, 11) is 0. The molecule has 78 valence electrons. The predicted octanol–water partition coefficient (Wildman–Crippen LogP) is 0.645. The van der Waals surface area contributed by atoms with Crippen molar-refractivity contribution in [1.82, 2.24) is 9.97 Å². The standard InChI is InChI=1S/C10H13N5/c1-6-3-2-4-7-9(6)15-8(14-7)5-13-10(11)12/h2-4H,5H2,1H3,(H,14,15)(H4,11,12,13). The van der Waals surface area contributed by atoms with E-state index in [0.717, 1.165) is 22.4 Å². The van der Waals surface area contributed by atoms with E-state index in [-0.39, 0.29) is 5.96 Å². The second kappa shape index (κ2) is 3.61. The lowest BCUT2D eigenvalue weighted by molar-refractivity contribution is 0.951. The van der Waals surface area contributed by atoms with Gasteiger partial charge in [0.1, 0.15) is 12.4 Å². The van der Waals surface area contributed by atoms with E-state index in [9.17, 15) is 0 Å². The number of benzene rings is 1. The van der Waals surface area contributed by atoms with Crippen LogP contribution in [0.15, 0.2) is 23.2 Å². The van der Waals surface area contributed by atoms with Gasteiger partial charge in [-0.1, -0.05) is 12.1 Å². The normalized spacial score (nSPS) is 10.5. The van der Waals surface area contributed by atoms with E-state index in [4.69, 9.17) is 11.5 Å². The van der Waals surface area contributed by atoms with Gasteiger partial charge in [0, 0.05) is 0 Å². The summed E-state index contributed by atoms with van der Waals surface area (Å²) >= 11 is 0. The van der Waals surface area contributed by atoms with Gasteiger partial charge in [0.2, 0.25) is 0 Å². The smallest absolute Gasteiger partial charge is 0.186 e. The minimum absolute atomic E-state index is 0.0761.